The second-order valence-electron chi connectivity index (χ2n) is 24.6. The predicted octanol–water partition coefficient (Wildman–Crippen LogP) is 12.2. The van der Waals surface area contributed by atoms with E-state index in [9.17, 15) is 48.9 Å². The van der Waals surface area contributed by atoms with Crippen molar-refractivity contribution in [3.63, 3.8) is 0 Å². The summed E-state index contributed by atoms with van der Waals surface area (Å²) in [5.74, 6) is -4.39. The van der Waals surface area contributed by atoms with E-state index < -0.39 is 69.4 Å². The SMILES string of the molecule is CC(C)(COC(=O)CCCCC(=O)OCC(C)(C)COC(=O)CCCCC(=O)OCC(C)(C)COC(=O)C(C#N)=C(c1ccccc1)c1ccccc1)COC(=O)CCCCC(=O)OCC(C)(C)COC(=O)C(C#N)=C(c1ccccc1)c1ccccc1. The van der Waals surface area contributed by atoms with Crippen molar-refractivity contribution in [1.29, 1.82) is 10.5 Å². The van der Waals surface area contributed by atoms with E-state index in [-0.39, 0.29) is 103 Å². The quantitative estimate of drug-likeness (QED) is 0.0134. The van der Waals surface area contributed by atoms with Crippen molar-refractivity contribution < 1.29 is 76.3 Å². The third-order valence-corrected chi connectivity index (χ3v) is 13.3. The highest BCUT2D eigenvalue weighted by Gasteiger charge is 2.29. The summed E-state index contributed by atoms with van der Waals surface area (Å²) in [6.45, 7) is 13.9. The van der Waals surface area contributed by atoms with Crippen LogP contribution in [0.15, 0.2) is 132 Å². The van der Waals surface area contributed by atoms with Gasteiger partial charge in [-0.15, -0.1) is 0 Å². The molecule has 0 fully saturated rings. The average molecular weight is 1210 g/mol. The number of carbonyl (C=O) groups is 8. The monoisotopic (exact) mass is 1210 g/mol. The number of rotatable bonds is 37. The number of esters is 8. The zero-order chi connectivity index (χ0) is 64.6. The highest BCUT2D eigenvalue weighted by molar-refractivity contribution is 6.06. The molecule has 0 aromatic heterocycles. The van der Waals surface area contributed by atoms with Crippen LogP contribution < -0.4 is 0 Å². The Hall–Kier alpha value is -8.90. The summed E-state index contributed by atoms with van der Waals surface area (Å²) < 4.78 is 43.8. The number of benzene rings is 4. The molecular weight excluding hydrogens is 1120 g/mol. The molecule has 88 heavy (non-hydrogen) atoms. The third-order valence-electron chi connectivity index (χ3n) is 13.3. The second kappa shape index (κ2) is 36.3. The lowest BCUT2D eigenvalue weighted by Gasteiger charge is -2.24. The van der Waals surface area contributed by atoms with Gasteiger partial charge in [-0.25, -0.2) is 9.59 Å². The van der Waals surface area contributed by atoms with Gasteiger partial charge in [-0.05, 0) is 60.8 Å². The van der Waals surface area contributed by atoms with Gasteiger partial charge in [-0.2, -0.15) is 10.5 Å². The van der Waals surface area contributed by atoms with E-state index in [1.54, 1.807) is 55.4 Å². The Balaban J connectivity index is 0.999. The maximum Gasteiger partial charge on any atom is 0.349 e. The van der Waals surface area contributed by atoms with Gasteiger partial charge in [-0.3, -0.25) is 28.8 Å². The van der Waals surface area contributed by atoms with Gasteiger partial charge in [0.2, 0.25) is 0 Å². The molecule has 0 spiro atoms. The van der Waals surface area contributed by atoms with Crippen molar-refractivity contribution in [2.24, 2.45) is 21.7 Å². The summed E-state index contributed by atoms with van der Waals surface area (Å²) >= 11 is 0. The summed E-state index contributed by atoms with van der Waals surface area (Å²) in [5.41, 5.74) is 0.482. The van der Waals surface area contributed by atoms with Crippen molar-refractivity contribution in [2.45, 2.75) is 132 Å². The third kappa shape index (κ3) is 27.2. The van der Waals surface area contributed by atoms with Crippen LogP contribution in [0.25, 0.3) is 11.1 Å². The summed E-state index contributed by atoms with van der Waals surface area (Å²) in [4.78, 5) is 102. The highest BCUT2D eigenvalue weighted by Crippen LogP contribution is 2.31. The molecule has 0 N–H and O–H groups in total. The van der Waals surface area contributed by atoms with Gasteiger partial charge in [-0.1, -0.05) is 177 Å². The summed E-state index contributed by atoms with van der Waals surface area (Å²) in [7, 11) is 0. The van der Waals surface area contributed by atoms with E-state index in [0.717, 1.165) is 0 Å². The number of unbranched alkanes of at least 4 members (excludes halogenated alkanes) is 3. The van der Waals surface area contributed by atoms with Crippen molar-refractivity contribution >= 4 is 58.9 Å². The van der Waals surface area contributed by atoms with Crippen molar-refractivity contribution in [3.8, 4) is 12.1 Å². The summed E-state index contributed by atoms with van der Waals surface area (Å²) in [6.07, 6.45) is 2.63. The minimum Gasteiger partial charge on any atom is -0.465 e. The average Bonchev–Trinajstić information content (AvgIpc) is 2.87. The molecule has 0 aliphatic carbocycles. The van der Waals surface area contributed by atoms with E-state index in [1.807, 2.05) is 133 Å². The van der Waals surface area contributed by atoms with E-state index in [4.69, 9.17) is 37.9 Å². The van der Waals surface area contributed by atoms with Crippen molar-refractivity contribution in [2.75, 3.05) is 52.9 Å². The minimum atomic E-state index is -0.790. The van der Waals surface area contributed by atoms with Crippen molar-refractivity contribution in [1.82, 2.24) is 0 Å². The zero-order valence-corrected chi connectivity index (χ0v) is 52.1. The van der Waals surface area contributed by atoms with Crippen LogP contribution in [0.5, 0.6) is 0 Å². The number of carbonyl (C=O) groups excluding carboxylic acids is 8. The fourth-order valence-electron chi connectivity index (χ4n) is 8.27. The van der Waals surface area contributed by atoms with Crippen LogP contribution in [0.3, 0.4) is 0 Å². The Bertz CT molecular complexity index is 2810. The van der Waals surface area contributed by atoms with Crippen LogP contribution in [0.1, 0.15) is 155 Å². The first-order valence-corrected chi connectivity index (χ1v) is 29.6. The van der Waals surface area contributed by atoms with Crippen LogP contribution in [-0.4, -0.2) is 101 Å². The van der Waals surface area contributed by atoms with Gasteiger partial charge >= 0.3 is 47.8 Å². The molecule has 0 heterocycles. The maximum atomic E-state index is 13.3. The lowest BCUT2D eigenvalue weighted by Crippen LogP contribution is -2.29. The standard InChI is InChI=1S/C70H84N2O16/c1-67(2,45-83-59(75)37-23-25-39-61(77)85-47-69(5,6)49-87-65(79)55(41-71)63(51-27-13-9-14-28-51)52-29-15-10-16-30-52)43-81-57(73)35-21-22-36-58(74)82-44-68(3,4)46-84-60(76)38-24-26-40-62(78)86-48-70(7,8)50-88-66(80)56(42-72)64(53-31-17-11-18-32-53)54-33-19-12-20-34-54/h9-20,27-34H,21-26,35-40,43-50H2,1-8H3. The molecule has 0 aliphatic heterocycles. The zero-order valence-electron chi connectivity index (χ0n) is 52.1. The lowest BCUT2D eigenvalue weighted by atomic mass is 9.93. The Labute approximate surface area is 517 Å². The molecule has 4 aromatic rings. The molecule has 0 saturated heterocycles. The minimum absolute atomic E-state index is 0.00365. The maximum absolute atomic E-state index is 13.3. The Morgan fingerprint density at radius 1 is 0.295 bits per heavy atom. The number of nitriles is 2. The van der Waals surface area contributed by atoms with E-state index in [2.05, 4.69) is 0 Å². The number of hydrogen-bond donors (Lipinski definition) is 0. The molecule has 0 radical (unpaired) electrons. The van der Waals surface area contributed by atoms with Crippen LogP contribution in [0.4, 0.5) is 0 Å². The number of ether oxygens (including phenoxy) is 8. The van der Waals surface area contributed by atoms with Gasteiger partial charge in [0.1, 0.15) is 36.5 Å². The molecule has 0 unspecified atom stereocenters. The molecule has 470 valence electrons. The molecule has 0 aliphatic rings. The van der Waals surface area contributed by atoms with Gasteiger partial charge < -0.3 is 37.9 Å². The van der Waals surface area contributed by atoms with Crippen molar-refractivity contribution in [3.05, 3.63) is 155 Å². The molecule has 4 aromatic carbocycles. The van der Waals surface area contributed by atoms with Gasteiger partial charge in [0, 0.05) is 71.3 Å². The Morgan fingerprint density at radius 3 is 0.636 bits per heavy atom. The fraction of sp³-hybridized carbons (Fsp3) is 0.457. The molecule has 0 bridgehead atoms. The lowest BCUT2D eigenvalue weighted by molar-refractivity contribution is -0.155. The molecular formula is C70H84N2O16. The largest absolute Gasteiger partial charge is 0.465 e. The molecule has 0 saturated carbocycles. The van der Waals surface area contributed by atoms with E-state index >= 15 is 0 Å². The molecule has 0 atom stereocenters. The van der Waals surface area contributed by atoms with Gasteiger partial charge in [0.15, 0.2) is 0 Å². The topological polar surface area (TPSA) is 258 Å². The predicted molar refractivity (Wildman–Crippen MR) is 327 cm³/mol. The van der Waals surface area contributed by atoms with Crippen LogP contribution in [0.2, 0.25) is 0 Å². The smallest absolute Gasteiger partial charge is 0.349 e. The Kier molecular flexibility index (Phi) is 29.5. The number of hydrogen-bond acceptors (Lipinski definition) is 18. The van der Waals surface area contributed by atoms with Crippen LogP contribution in [0, 0.1) is 44.3 Å². The van der Waals surface area contributed by atoms with E-state index in [0.29, 0.717) is 71.9 Å². The highest BCUT2D eigenvalue weighted by atomic mass is 16.6. The van der Waals surface area contributed by atoms with Crippen LogP contribution >= 0.6 is 0 Å². The normalized spacial score (nSPS) is 11.3. The Morgan fingerprint density at radius 2 is 0.466 bits per heavy atom. The first-order valence-electron chi connectivity index (χ1n) is 29.6. The molecule has 4 rings (SSSR count). The van der Waals surface area contributed by atoms with Gasteiger partial charge in [0.25, 0.3) is 0 Å². The second-order valence-corrected chi connectivity index (χ2v) is 24.6. The van der Waals surface area contributed by atoms with E-state index in [1.165, 1.54) is 0 Å². The summed E-state index contributed by atoms with van der Waals surface area (Å²) in [5, 5.41) is 20.1. The first-order chi connectivity index (χ1) is 41.8. The number of nitrogens with zero attached hydrogens (tertiary/aromatic N) is 2. The first kappa shape index (κ1) is 71.6. The van der Waals surface area contributed by atoms with Gasteiger partial charge in [0.05, 0.1) is 39.6 Å². The summed E-state index contributed by atoms with van der Waals surface area (Å²) in [6, 6.07) is 40.5. The fourth-order valence-corrected chi connectivity index (χ4v) is 8.27. The molecule has 0 amide bonds. The van der Waals surface area contributed by atoms with Crippen LogP contribution in [-0.2, 0) is 76.3 Å². The molecule has 18 heteroatoms. The molecule has 18 nitrogen and oxygen atoms in total.